The number of nitro groups is 1. The van der Waals surface area contributed by atoms with Crippen molar-refractivity contribution in [3.63, 3.8) is 0 Å². The quantitative estimate of drug-likeness (QED) is 0.0791. The van der Waals surface area contributed by atoms with Gasteiger partial charge in [-0.15, -0.1) is 0 Å². The molecule has 0 aliphatic rings. The van der Waals surface area contributed by atoms with Crippen LogP contribution in [0.25, 0.3) is 0 Å². The molecule has 0 aliphatic carbocycles. The second kappa shape index (κ2) is 15.3. The third-order valence-electron chi connectivity index (χ3n) is 5.88. The molecule has 0 unspecified atom stereocenters. The van der Waals surface area contributed by atoms with Crippen LogP contribution in [-0.4, -0.2) is 31.1 Å². The van der Waals surface area contributed by atoms with E-state index in [0.717, 1.165) is 16.8 Å². The van der Waals surface area contributed by atoms with Gasteiger partial charge < -0.3 is 25.8 Å². The lowest BCUT2D eigenvalue weighted by Crippen LogP contribution is -2.06. The zero-order chi connectivity index (χ0) is 30.6. The number of nitrogens with one attached hydrogen (secondary N) is 2. The van der Waals surface area contributed by atoms with E-state index in [-0.39, 0.29) is 11.3 Å². The molecular formula is C30H28Cl2N4O6. The van der Waals surface area contributed by atoms with Gasteiger partial charge in [0.05, 0.1) is 41.6 Å². The van der Waals surface area contributed by atoms with Gasteiger partial charge in [0.25, 0.3) is 5.69 Å². The molecule has 0 radical (unpaired) electrons. The summed E-state index contributed by atoms with van der Waals surface area (Å²) in [6, 6.07) is 23.9. The van der Waals surface area contributed by atoms with E-state index in [0.29, 0.717) is 40.1 Å². The molecule has 0 fully saturated rings. The van der Waals surface area contributed by atoms with Crippen LogP contribution in [0.4, 0.5) is 22.7 Å². The highest BCUT2D eigenvalue weighted by Crippen LogP contribution is 2.27. The lowest BCUT2D eigenvalue weighted by molar-refractivity contribution is -0.384. The highest BCUT2D eigenvalue weighted by Gasteiger charge is 2.17. The number of nitro benzene ring substituents is 1. The fourth-order valence-corrected chi connectivity index (χ4v) is 3.90. The van der Waals surface area contributed by atoms with Crippen LogP contribution in [0.15, 0.2) is 84.9 Å². The Labute approximate surface area is 252 Å². The van der Waals surface area contributed by atoms with Crippen LogP contribution in [0.5, 0.6) is 0 Å². The second-order valence-corrected chi connectivity index (χ2v) is 9.61. The van der Waals surface area contributed by atoms with Crippen LogP contribution in [0.3, 0.4) is 0 Å². The zero-order valence-electron chi connectivity index (χ0n) is 22.7. The molecule has 4 aromatic carbocycles. The maximum Gasteiger partial charge on any atom is 0.338 e. The normalized spacial score (nSPS) is 10.1. The second-order valence-electron chi connectivity index (χ2n) is 8.73. The van der Waals surface area contributed by atoms with Crippen molar-refractivity contribution in [2.24, 2.45) is 0 Å². The lowest BCUT2D eigenvalue weighted by atomic mass is 10.1. The molecule has 0 spiro atoms. The zero-order valence-corrected chi connectivity index (χ0v) is 24.2. The molecule has 0 atom stereocenters. The van der Waals surface area contributed by atoms with Gasteiger partial charge in [-0.25, -0.2) is 9.59 Å². The number of benzene rings is 4. The summed E-state index contributed by atoms with van der Waals surface area (Å²) < 4.78 is 9.20. The Kier molecular flexibility index (Phi) is 11.5. The number of rotatable bonds is 9. The molecule has 42 heavy (non-hydrogen) atoms. The lowest BCUT2D eigenvalue weighted by Gasteiger charge is -2.10. The number of nitrogens with two attached hydrogens (primary N) is 1. The van der Waals surface area contributed by atoms with Crippen molar-refractivity contribution in [1.29, 1.82) is 0 Å². The van der Waals surface area contributed by atoms with Crippen molar-refractivity contribution in [1.82, 2.24) is 0 Å². The number of hydrogen-bond acceptors (Lipinski definition) is 9. The van der Waals surface area contributed by atoms with Gasteiger partial charge in [-0.2, -0.15) is 0 Å². The minimum atomic E-state index is -0.618. The van der Waals surface area contributed by atoms with E-state index in [4.69, 9.17) is 28.9 Å². The molecule has 0 heterocycles. The number of carbonyl (C=O) groups excluding carboxylic acids is 2. The van der Waals surface area contributed by atoms with Crippen molar-refractivity contribution in [2.45, 2.75) is 13.1 Å². The molecule has 218 valence electrons. The van der Waals surface area contributed by atoms with Crippen molar-refractivity contribution < 1.29 is 24.0 Å². The first-order valence-electron chi connectivity index (χ1n) is 12.4. The Bertz CT molecular complexity index is 1550. The number of hydrogen-bond donors (Lipinski definition) is 3. The van der Waals surface area contributed by atoms with E-state index in [9.17, 15) is 19.7 Å². The van der Waals surface area contributed by atoms with Crippen LogP contribution in [0.1, 0.15) is 31.8 Å². The van der Waals surface area contributed by atoms with Crippen molar-refractivity contribution >= 4 is 57.9 Å². The van der Waals surface area contributed by atoms with Gasteiger partial charge in [-0.3, -0.25) is 10.1 Å². The fraction of sp³-hybridized carbons (Fsp3) is 0.133. The number of nitrogen functional groups attached to an aromatic ring is 1. The molecule has 0 amide bonds. The first kappa shape index (κ1) is 31.7. The summed E-state index contributed by atoms with van der Waals surface area (Å²) in [6.07, 6.45) is 0. The predicted molar refractivity (Wildman–Crippen MR) is 164 cm³/mol. The van der Waals surface area contributed by atoms with Crippen LogP contribution in [0, 0.1) is 10.1 Å². The molecule has 0 saturated heterocycles. The average molecular weight is 611 g/mol. The van der Waals surface area contributed by atoms with Gasteiger partial charge in [0.1, 0.15) is 5.69 Å². The van der Waals surface area contributed by atoms with Gasteiger partial charge in [0.15, 0.2) is 0 Å². The van der Waals surface area contributed by atoms with Gasteiger partial charge in [-0.1, -0.05) is 47.5 Å². The van der Waals surface area contributed by atoms with Crippen LogP contribution < -0.4 is 16.4 Å². The largest absolute Gasteiger partial charge is 0.465 e. The molecule has 0 aliphatic heterocycles. The number of anilines is 3. The maximum absolute atomic E-state index is 11.4. The van der Waals surface area contributed by atoms with E-state index in [1.165, 1.54) is 32.4 Å². The van der Waals surface area contributed by atoms with E-state index >= 15 is 0 Å². The van der Waals surface area contributed by atoms with E-state index in [1.54, 1.807) is 30.3 Å². The number of ether oxygens (including phenoxy) is 2. The molecule has 0 aromatic heterocycles. The SMILES string of the molecule is COC(=O)c1ccc(NCc2ccc(Cl)cc2)c(N)c1.COC(=O)c1ccc(NCc2ccc(Cl)cc2)c([N+](=O)[O-])c1. The minimum Gasteiger partial charge on any atom is -0.465 e. The topological polar surface area (TPSA) is 146 Å². The van der Waals surface area contributed by atoms with Gasteiger partial charge >= 0.3 is 11.9 Å². The predicted octanol–water partition coefficient (Wildman–Crippen LogP) is 6.97. The third-order valence-corrected chi connectivity index (χ3v) is 6.38. The fourth-order valence-electron chi connectivity index (χ4n) is 3.64. The summed E-state index contributed by atoms with van der Waals surface area (Å²) in [4.78, 5) is 33.4. The Morgan fingerprint density at radius 1 is 0.738 bits per heavy atom. The van der Waals surface area contributed by atoms with E-state index < -0.39 is 16.9 Å². The highest BCUT2D eigenvalue weighted by atomic mass is 35.5. The first-order chi connectivity index (χ1) is 20.1. The summed E-state index contributed by atoms with van der Waals surface area (Å²) in [7, 11) is 2.56. The molecule has 4 N–H and O–H groups in total. The molecule has 4 rings (SSSR count). The summed E-state index contributed by atoms with van der Waals surface area (Å²) in [5, 5.41) is 18.7. The average Bonchev–Trinajstić information content (AvgIpc) is 3.00. The maximum atomic E-state index is 11.4. The summed E-state index contributed by atoms with van der Waals surface area (Å²) >= 11 is 11.6. The number of halogens is 2. The molecule has 12 heteroatoms. The van der Waals surface area contributed by atoms with Crippen molar-refractivity contribution in [2.75, 3.05) is 30.6 Å². The van der Waals surface area contributed by atoms with Crippen molar-refractivity contribution in [3.8, 4) is 0 Å². The molecule has 10 nitrogen and oxygen atoms in total. The number of methoxy groups -OCH3 is 2. The molecule has 4 aromatic rings. The number of esters is 2. The summed E-state index contributed by atoms with van der Waals surface area (Å²) in [6.45, 7) is 1.02. The standard InChI is InChI=1S/C15H13ClN2O4.C15H15ClN2O2/c1-22-15(19)11-4-7-13(14(8-11)18(20)21)17-9-10-2-5-12(16)6-3-10;1-20-15(19)11-4-7-14(13(17)8-11)18-9-10-2-5-12(16)6-3-10/h2-8,17H,9H2,1H3;2-8,18H,9,17H2,1H3. The van der Waals surface area contributed by atoms with Crippen molar-refractivity contribution in [3.05, 3.63) is 127 Å². The Balaban J connectivity index is 0.000000231. The Morgan fingerprint density at radius 2 is 1.17 bits per heavy atom. The summed E-state index contributed by atoms with van der Waals surface area (Å²) in [5.74, 6) is -1.02. The minimum absolute atomic E-state index is 0.131. The van der Waals surface area contributed by atoms with Gasteiger partial charge in [0, 0.05) is 29.2 Å². The molecule has 0 bridgehead atoms. The first-order valence-corrected chi connectivity index (χ1v) is 13.2. The van der Waals surface area contributed by atoms with Gasteiger partial charge in [0.2, 0.25) is 0 Å². The van der Waals surface area contributed by atoms with E-state index in [2.05, 4.69) is 20.1 Å². The third kappa shape index (κ3) is 9.12. The van der Waals surface area contributed by atoms with Gasteiger partial charge in [-0.05, 0) is 65.7 Å². The monoisotopic (exact) mass is 610 g/mol. The van der Waals surface area contributed by atoms with Crippen LogP contribution >= 0.6 is 23.2 Å². The van der Waals surface area contributed by atoms with Crippen LogP contribution in [-0.2, 0) is 22.6 Å². The van der Waals surface area contributed by atoms with Crippen LogP contribution in [0.2, 0.25) is 10.0 Å². The smallest absolute Gasteiger partial charge is 0.338 e. The number of carbonyl (C=O) groups is 2. The summed E-state index contributed by atoms with van der Waals surface area (Å²) in [5.41, 5.74) is 9.91. The molecule has 0 saturated carbocycles. The molecular weight excluding hydrogens is 583 g/mol. The van der Waals surface area contributed by atoms with E-state index in [1.807, 2.05) is 36.4 Å². The highest BCUT2D eigenvalue weighted by molar-refractivity contribution is 6.30. The Hall–Kier alpha value is -4.80. The Morgan fingerprint density at radius 3 is 1.60 bits per heavy atom. The number of nitrogens with zero attached hydrogens (tertiary/aromatic N) is 1.